The van der Waals surface area contributed by atoms with E-state index in [1.807, 2.05) is 60.0 Å². The van der Waals surface area contributed by atoms with Crippen LogP contribution in [0.15, 0.2) is 66.2 Å². The molecule has 1 aromatic heterocycles. The van der Waals surface area contributed by atoms with Gasteiger partial charge >= 0.3 is 6.09 Å². The van der Waals surface area contributed by atoms with Crippen LogP contribution in [-0.2, 0) is 16.1 Å². The van der Waals surface area contributed by atoms with Gasteiger partial charge in [0, 0.05) is 29.7 Å². The van der Waals surface area contributed by atoms with Crippen molar-refractivity contribution in [1.82, 2.24) is 15.2 Å². The van der Waals surface area contributed by atoms with Crippen molar-refractivity contribution in [1.29, 1.82) is 0 Å². The van der Waals surface area contributed by atoms with Gasteiger partial charge in [-0.15, -0.1) is 11.3 Å². The summed E-state index contributed by atoms with van der Waals surface area (Å²) < 4.78 is 5.53. The maximum absolute atomic E-state index is 13.8. The molecule has 1 saturated heterocycles. The summed E-state index contributed by atoms with van der Waals surface area (Å²) >= 11 is 6.89. The number of hydrogen-bond donors (Lipinski definition) is 1. The average Bonchev–Trinajstić information content (AvgIpc) is 3.33. The van der Waals surface area contributed by atoms with Gasteiger partial charge in [0.15, 0.2) is 5.13 Å². The second kappa shape index (κ2) is 10.5. The van der Waals surface area contributed by atoms with Gasteiger partial charge in [-0.3, -0.25) is 14.6 Å². The molecule has 0 radical (unpaired) electrons. The highest BCUT2D eigenvalue weighted by Gasteiger charge is 2.39. The molecule has 2 fully saturated rings. The van der Waals surface area contributed by atoms with Gasteiger partial charge in [0.25, 0.3) is 5.91 Å². The molecule has 2 aromatic carbocycles. The van der Waals surface area contributed by atoms with Gasteiger partial charge in [-0.05, 0) is 55.5 Å². The van der Waals surface area contributed by atoms with Crippen LogP contribution in [0.3, 0.4) is 0 Å². The molecule has 7 nitrogen and oxygen atoms in total. The van der Waals surface area contributed by atoms with Crippen molar-refractivity contribution in [3.63, 3.8) is 0 Å². The Morgan fingerprint density at radius 3 is 2.57 bits per heavy atom. The van der Waals surface area contributed by atoms with Crippen molar-refractivity contribution < 1.29 is 14.3 Å². The molecule has 2 amide bonds. The van der Waals surface area contributed by atoms with E-state index in [4.69, 9.17) is 17.0 Å². The summed E-state index contributed by atoms with van der Waals surface area (Å²) in [4.78, 5) is 34.9. The molecule has 0 spiro atoms. The number of ether oxygens (including phenoxy) is 1. The first kappa shape index (κ1) is 23.4. The second-order valence-electron chi connectivity index (χ2n) is 8.67. The number of benzene rings is 2. The average molecular weight is 507 g/mol. The molecule has 3 aromatic rings. The zero-order valence-corrected chi connectivity index (χ0v) is 20.8. The van der Waals surface area contributed by atoms with Gasteiger partial charge in [-0.2, -0.15) is 0 Å². The van der Waals surface area contributed by atoms with Gasteiger partial charge in [0.2, 0.25) is 0 Å². The minimum absolute atomic E-state index is 0.170. The Kier molecular flexibility index (Phi) is 7.06. The van der Waals surface area contributed by atoms with Crippen molar-refractivity contribution in [2.45, 2.75) is 44.4 Å². The molecule has 5 rings (SSSR count). The van der Waals surface area contributed by atoms with Crippen molar-refractivity contribution in [2.75, 3.05) is 11.4 Å². The fourth-order valence-corrected chi connectivity index (χ4v) is 5.08. The Hall–Kier alpha value is -3.30. The molecule has 9 heteroatoms. The number of thiazole rings is 1. The number of carbonyl (C=O) groups is 2. The lowest BCUT2D eigenvalue weighted by Gasteiger charge is -2.28. The third-order valence-corrected chi connectivity index (χ3v) is 7.22. The lowest BCUT2D eigenvalue weighted by atomic mass is 10.1. The normalized spacial score (nSPS) is 17.1. The highest BCUT2D eigenvalue weighted by atomic mass is 32.1. The fraction of sp³-hybridized carbons (Fsp3) is 0.308. The van der Waals surface area contributed by atoms with Crippen LogP contribution in [0.4, 0.5) is 15.6 Å². The molecule has 180 valence electrons. The third kappa shape index (κ3) is 5.52. The van der Waals surface area contributed by atoms with Crippen LogP contribution >= 0.6 is 23.6 Å². The summed E-state index contributed by atoms with van der Waals surface area (Å²) in [5.74, 6) is -0.194. The Morgan fingerprint density at radius 1 is 1.11 bits per heavy atom. The number of aromatic nitrogens is 1. The second-order valence-corrected chi connectivity index (χ2v) is 9.96. The SMILES string of the molecule is O=C(C1CCCN1C(=O)OCc1ccccc1)N(c1ccc(C(=S)NC2CC2)cc1)c1nccs1. The smallest absolute Gasteiger partial charge is 0.410 e. The topological polar surface area (TPSA) is 74.8 Å². The van der Waals surface area contributed by atoms with Crippen LogP contribution in [0, 0.1) is 0 Å². The van der Waals surface area contributed by atoms with Crippen LogP contribution < -0.4 is 10.2 Å². The van der Waals surface area contributed by atoms with E-state index < -0.39 is 12.1 Å². The third-order valence-electron chi connectivity index (χ3n) is 6.11. The lowest BCUT2D eigenvalue weighted by molar-refractivity contribution is -0.121. The van der Waals surface area contributed by atoms with E-state index in [1.54, 1.807) is 11.1 Å². The van der Waals surface area contributed by atoms with E-state index in [1.165, 1.54) is 16.2 Å². The molecule has 1 saturated carbocycles. The lowest BCUT2D eigenvalue weighted by Crippen LogP contribution is -2.46. The summed E-state index contributed by atoms with van der Waals surface area (Å²) in [5, 5.41) is 5.73. The predicted molar refractivity (Wildman–Crippen MR) is 140 cm³/mol. The van der Waals surface area contributed by atoms with E-state index in [-0.39, 0.29) is 12.5 Å². The van der Waals surface area contributed by atoms with Gasteiger partial charge in [-0.25, -0.2) is 9.78 Å². The number of nitrogens with one attached hydrogen (secondary N) is 1. The Labute approximate surface area is 213 Å². The van der Waals surface area contributed by atoms with Crippen LogP contribution in [0.2, 0.25) is 0 Å². The summed E-state index contributed by atoms with van der Waals surface area (Å²) in [6.07, 6.45) is 4.81. The van der Waals surface area contributed by atoms with E-state index in [0.29, 0.717) is 34.8 Å². The zero-order chi connectivity index (χ0) is 24.2. The molecular formula is C26H26N4O3S2. The summed E-state index contributed by atoms with van der Waals surface area (Å²) in [6.45, 7) is 0.652. The standard InChI is InChI=1S/C26H26N4O3S2/c31-24(22-7-4-15-29(22)26(32)33-17-18-5-2-1-3-6-18)30(25-27-14-16-35-25)21-12-8-19(9-13-21)23(34)28-20-10-11-20/h1-3,5-6,8-9,12-14,16,20,22H,4,7,10-11,15,17H2,(H,28,34). The van der Waals surface area contributed by atoms with Crippen molar-refractivity contribution in [3.8, 4) is 0 Å². The van der Waals surface area contributed by atoms with E-state index in [2.05, 4.69) is 10.3 Å². The van der Waals surface area contributed by atoms with Crippen LogP contribution in [0.5, 0.6) is 0 Å². The number of nitrogens with zero attached hydrogens (tertiary/aromatic N) is 3. The monoisotopic (exact) mass is 506 g/mol. The Bertz CT molecular complexity index is 1180. The minimum atomic E-state index is -0.612. The largest absolute Gasteiger partial charge is 0.445 e. The number of likely N-dealkylation sites (tertiary alicyclic amines) is 1. The van der Waals surface area contributed by atoms with Crippen LogP contribution in [0.25, 0.3) is 0 Å². The van der Waals surface area contributed by atoms with Crippen molar-refractivity contribution in [3.05, 3.63) is 77.3 Å². The molecule has 2 aliphatic rings. The number of carbonyl (C=O) groups excluding carboxylic acids is 2. The van der Waals surface area contributed by atoms with Crippen molar-refractivity contribution >= 4 is 51.4 Å². The highest BCUT2D eigenvalue weighted by molar-refractivity contribution is 7.80. The first-order valence-electron chi connectivity index (χ1n) is 11.7. The molecular weight excluding hydrogens is 480 g/mol. The molecule has 1 unspecified atom stereocenters. The number of anilines is 2. The van der Waals surface area contributed by atoms with E-state index in [9.17, 15) is 9.59 Å². The van der Waals surface area contributed by atoms with Gasteiger partial charge in [0.1, 0.15) is 17.6 Å². The number of rotatable bonds is 7. The number of amides is 2. The van der Waals surface area contributed by atoms with Gasteiger partial charge in [0.05, 0.1) is 5.69 Å². The molecule has 35 heavy (non-hydrogen) atoms. The molecule has 1 aliphatic carbocycles. The molecule has 1 N–H and O–H groups in total. The van der Waals surface area contributed by atoms with E-state index in [0.717, 1.165) is 30.4 Å². The first-order valence-corrected chi connectivity index (χ1v) is 13.0. The zero-order valence-electron chi connectivity index (χ0n) is 19.1. The maximum atomic E-state index is 13.8. The Morgan fingerprint density at radius 2 is 1.89 bits per heavy atom. The van der Waals surface area contributed by atoms with Gasteiger partial charge < -0.3 is 10.1 Å². The molecule has 1 atom stereocenters. The Balaban J connectivity index is 1.33. The summed E-state index contributed by atoms with van der Waals surface area (Å²) in [7, 11) is 0. The molecule has 2 heterocycles. The fourth-order valence-electron chi connectivity index (χ4n) is 4.11. The van der Waals surface area contributed by atoms with Crippen molar-refractivity contribution in [2.24, 2.45) is 0 Å². The summed E-state index contributed by atoms with van der Waals surface area (Å²) in [5.41, 5.74) is 2.50. The summed E-state index contributed by atoms with van der Waals surface area (Å²) in [6, 6.07) is 17.0. The molecule has 0 bridgehead atoms. The maximum Gasteiger partial charge on any atom is 0.410 e. The van der Waals surface area contributed by atoms with E-state index >= 15 is 0 Å². The predicted octanol–water partition coefficient (Wildman–Crippen LogP) is 5.04. The quantitative estimate of drug-likeness (QED) is 0.453. The highest BCUT2D eigenvalue weighted by Crippen LogP contribution is 2.32. The number of thiocarbonyl (C=S) groups is 1. The minimum Gasteiger partial charge on any atom is -0.445 e. The number of hydrogen-bond acceptors (Lipinski definition) is 6. The van der Waals surface area contributed by atoms with Crippen LogP contribution in [-0.4, -0.2) is 45.5 Å². The molecule has 1 aliphatic heterocycles. The van der Waals surface area contributed by atoms with Crippen LogP contribution in [0.1, 0.15) is 36.8 Å². The first-order chi connectivity index (χ1) is 17.1. The van der Waals surface area contributed by atoms with Gasteiger partial charge in [-0.1, -0.05) is 42.5 Å².